The van der Waals surface area contributed by atoms with Gasteiger partial charge in [0.25, 0.3) is 0 Å². The normalized spacial score (nSPS) is 15.8. The molecule has 33 heavy (non-hydrogen) atoms. The van der Waals surface area contributed by atoms with Gasteiger partial charge in [0, 0.05) is 32.2 Å². The number of carbonyl (C=O) groups is 1. The number of aliphatic hydroxyl groups is 1. The van der Waals surface area contributed by atoms with E-state index in [1.54, 1.807) is 11.1 Å². The predicted molar refractivity (Wildman–Crippen MR) is 115 cm³/mol. The summed E-state index contributed by atoms with van der Waals surface area (Å²) < 4.78 is 52.8. The lowest BCUT2D eigenvalue weighted by Gasteiger charge is -2.30. The minimum atomic E-state index is -4.75. The molecule has 0 radical (unpaired) electrons. The number of fused-ring (bicyclic) bond motifs is 1. The third-order valence-electron chi connectivity index (χ3n) is 6.02. The van der Waals surface area contributed by atoms with Crippen molar-refractivity contribution in [3.63, 3.8) is 0 Å². The molecule has 1 aromatic heterocycles. The number of aromatic nitrogens is 2. The molecule has 1 aromatic carbocycles. The first kappa shape index (κ1) is 25.1. The molecule has 2 heterocycles. The molecule has 9 heteroatoms. The van der Waals surface area contributed by atoms with Gasteiger partial charge in [0.2, 0.25) is 5.91 Å². The highest BCUT2D eigenvalue weighted by molar-refractivity contribution is 5.77. The van der Waals surface area contributed by atoms with Gasteiger partial charge in [0.1, 0.15) is 11.6 Å². The molecule has 0 aliphatic carbocycles. The van der Waals surface area contributed by atoms with Crippen molar-refractivity contribution in [3.8, 4) is 0 Å². The van der Waals surface area contributed by atoms with Crippen LogP contribution < -0.4 is 0 Å². The fourth-order valence-electron chi connectivity index (χ4n) is 4.12. The molecule has 1 aliphatic rings. The Labute approximate surface area is 190 Å². The number of alkyl halides is 3. The Balaban J connectivity index is 1.73. The SMILES string of the molecule is CCCC(CC(=O)N1CCc2cnc(CC(C)CO)nc2C1)c1ccc(C(F)(F)F)c(F)c1. The van der Waals surface area contributed by atoms with E-state index in [2.05, 4.69) is 9.97 Å². The first-order valence-electron chi connectivity index (χ1n) is 11.2. The van der Waals surface area contributed by atoms with Crippen molar-refractivity contribution in [2.75, 3.05) is 13.2 Å². The fourth-order valence-corrected chi connectivity index (χ4v) is 4.12. The number of carbonyl (C=O) groups excluding carboxylic acids is 1. The Hall–Kier alpha value is -2.55. The van der Waals surface area contributed by atoms with Gasteiger partial charge in [-0.1, -0.05) is 26.3 Å². The summed E-state index contributed by atoms with van der Waals surface area (Å²) in [5, 5.41) is 9.26. The molecule has 1 aliphatic heterocycles. The molecule has 2 atom stereocenters. The van der Waals surface area contributed by atoms with Crippen LogP contribution in [0.25, 0.3) is 0 Å². The molecule has 0 saturated heterocycles. The van der Waals surface area contributed by atoms with E-state index < -0.39 is 17.6 Å². The number of rotatable bonds is 8. The molecule has 0 spiro atoms. The molecular formula is C24H29F4N3O2. The minimum Gasteiger partial charge on any atom is -0.396 e. The molecule has 0 saturated carbocycles. The molecule has 1 N–H and O–H groups in total. The highest BCUT2D eigenvalue weighted by Crippen LogP contribution is 2.34. The second kappa shape index (κ2) is 10.6. The van der Waals surface area contributed by atoms with E-state index in [-0.39, 0.29) is 30.8 Å². The van der Waals surface area contributed by atoms with E-state index in [4.69, 9.17) is 0 Å². The van der Waals surface area contributed by atoms with Gasteiger partial charge in [-0.2, -0.15) is 13.2 Å². The average Bonchev–Trinajstić information content (AvgIpc) is 2.77. The molecule has 1 amide bonds. The van der Waals surface area contributed by atoms with Crippen LogP contribution >= 0.6 is 0 Å². The van der Waals surface area contributed by atoms with E-state index in [0.29, 0.717) is 50.2 Å². The Bertz CT molecular complexity index is 981. The third kappa shape index (κ3) is 6.28. The monoisotopic (exact) mass is 467 g/mol. The van der Waals surface area contributed by atoms with Gasteiger partial charge in [-0.3, -0.25) is 4.79 Å². The molecule has 2 unspecified atom stereocenters. The Kier molecular flexibility index (Phi) is 8.05. The van der Waals surface area contributed by atoms with Crippen molar-refractivity contribution in [2.24, 2.45) is 5.92 Å². The maximum atomic E-state index is 14.1. The Morgan fingerprint density at radius 1 is 1.30 bits per heavy atom. The fraction of sp³-hybridized carbons (Fsp3) is 0.542. The Morgan fingerprint density at radius 2 is 2.06 bits per heavy atom. The first-order valence-corrected chi connectivity index (χ1v) is 11.2. The van der Waals surface area contributed by atoms with E-state index >= 15 is 0 Å². The van der Waals surface area contributed by atoms with Crippen molar-refractivity contribution in [3.05, 3.63) is 58.4 Å². The Morgan fingerprint density at radius 3 is 2.70 bits per heavy atom. The second-order valence-electron chi connectivity index (χ2n) is 8.74. The summed E-state index contributed by atoms with van der Waals surface area (Å²) in [6.07, 6.45) is -0.465. The molecule has 180 valence electrons. The summed E-state index contributed by atoms with van der Waals surface area (Å²) in [5.74, 6) is -1.17. The second-order valence-corrected chi connectivity index (χ2v) is 8.74. The summed E-state index contributed by atoms with van der Waals surface area (Å²) in [5.41, 5.74) is 0.855. The number of hydrogen-bond acceptors (Lipinski definition) is 4. The van der Waals surface area contributed by atoms with Crippen molar-refractivity contribution in [2.45, 2.75) is 64.6 Å². The summed E-state index contributed by atoms with van der Waals surface area (Å²) in [6, 6.07) is 2.93. The van der Waals surface area contributed by atoms with Crippen LogP contribution in [0.2, 0.25) is 0 Å². The summed E-state index contributed by atoms with van der Waals surface area (Å²) in [6.45, 7) is 4.69. The lowest BCUT2D eigenvalue weighted by molar-refractivity contribution is -0.140. The maximum absolute atomic E-state index is 14.1. The zero-order chi connectivity index (χ0) is 24.2. The van der Waals surface area contributed by atoms with Crippen LogP contribution in [0.5, 0.6) is 0 Å². The molecular weight excluding hydrogens is 438 g/mol. The van der Waals surface area contributed by atoms with E-state index in [9.17, 15) is 27.5 Å². The van der Waals surface area contributed by atoms with Gasteiger partial charge >= 0.3 is 6.18 Å². The highest BCUT2D eigenvalue weighted by atomic mass is 19.4. The molecule has 5 nitrogen and oxygen atoms in total. The third-order valence-corrected chi connectivity index (χ3v) is 6.02. The number of aliphatic hydroxyl groups excluding tert-OH is 1. The number of benzene rings is 1. The van der Waals surface area contributed by atoms with Crippen molar-refractivity contribution in [1.29, 1.82) is 0 Å². The van der Waals surface area contributed by atoms with E-state index in [1.165, 1.54) is 6.07 Å². The van der Waals surface area contributed by atoms with Gasteiger partial charge in [-0.05, 0) is 47.9 Å². The van der Waals surface area contributed by atoms with Crippen molar-refractivity contribution in [1.82, 2.24) is 14.9 Å². The van der Waals surface area contributed by atoms with Crippen LogP contribution in [0.1, 0.15) is 67.2 Å². The van der Waals surface area contributed by atoms with Gasteiger partial charge in [0.15, 0.2) is 0 Å². The van der Waals surface area contributed by atoms with E-state index in [1.807, 2.05) is 13.8 Å². The summed E-state index contributed by atoms with van der Waals surface area (Å²) in [4.78, 5) is 23.7. The van der Waals surface area contributed by atoms with Crippen LogP contribution in [-0.2, 0) is 30.4 Å². The highest BCUT2D eigenvalue weighted by Gasteiger charge is 2.34. The predicted octanol–water partition coefficient (Wildman–Crippen LogP) is 4.66. The molecule has 3 rings (SSSR count). The van der Waals surface area contributed by atoms with Crippen LogP contribution in [0.4, 0.5) is 17.6 Å². The molecule has 0 fully saturated rings. The largest absolute Gasteiger partial charge is 0.419 e. The van der Waals surface area contributed by atoms with Gasteiger partial charge in [-0.15, -0.1) is 0 Å². The summed E-state index contributed by atoms with van der Waals surface area (Å²) in [7, 11) is 0. The average molecular weight is 468 g/mol. The van der Waals surface area contributed by atoms with Crippen LogP contribution in [0.3, 0.4) is 0 Å². The van der Waals surface area contributed by atoms with Crippen LogP contribution in [-0.4, -0.2) is 39.0 Å². The minimum absolute atomic E-state index is 0.0308. The molecule has 2 aromatic rings. The quantitative estimate of drug-likeness (QED) is 0.574. The van der Waals surface area contributed by atoms with Gasteiger partial charge in [-0.25, -0.2) is 14.4 Å². The summed E-state index contributed by atoms with van der Waals surface area (Å²) >= 11 is 0. The molecule has 0 bridgehead atoms. The van der Waals surface area contributed by atoms with E-state index in [0.717, 1.165) is 23.4 Å². The van der Waals surface area contributed by atoms with Crippen molar-refractivity contribution < 1.29 is 27.5 Å². The van der Waals surface area contributed by atoms with Crippen LogP contribution in [0, 0.1) is 11.7 Å². The van der Waals surface area contributed by atoms with Crippen molar-refractivity contribution >= 4 is 5.91 Å². The first-order chi connectivity index (χ1) is 15.6. The smallest absolute Gasteiger partial charge is 0.396 e. The zero-order valence-electron chi connectivity index (χ0n) is 18.8. The van der Waals surface area contributed by atoms with Gasteiger partial charge in [0.05, 0.1) is 17.8 Å². The number of nitrogens with zero attached hydrogens (tertiary/aromatic N) is 3. The lowest BCUT2D eigenvalue weighted by atomic mass is 9.89. The maximum Gasteiger partial charge on any atom is 0.419 e. The number of amides is 1. The van der Waals surface area contributed by atoms with Gasteiger partial charge < -0.3 is 10.0 Å². The van der Waals surface area contributed by atoms with Crippen LogP contribution in [0.15, 0.2) is 24.4 Å². The standard InChI is InChI=1S/C24H29F4N3O2/c1-3-4-16(17-5-6-19(20(25)10-17)24(26,27)28)11-23(33)31-8-7-18-12-29-22(9-15(2)14-32)30-21(18)13-31/h5-6,10,12,15-16,32H,3-4,7-9,11,13-14H2,1-2H3. The zero-order valence-corrected chi connectivity index (χ0v) is 18.8. The number of halogens is 4. The topological polar surface area (TPSA) is 66.3 Å². The number of hydrogen-bond donors (Lipinski definition) is 1. The lowest BCUT2D eigenvalue weighted by Crippen LogP contribution is -2.37.